The van der Waals surface area contributed by atoms with Crippen LogP contribution in [0.1, 0.15) is 20.8 Å². The number of piperazine rings is 1. The first-order valence-electron chi connectivity index (χ1n) is 6.90. The third kappa shape index (κ3) is 3.91. The van der Waals surface area contributed by atoms with E-state index in [1.54, 1.807) is 0 Å². The Hall–Kier alpha value is -0.160. The molecule has 1 N–H and O–H groups in total. The van der Waals surface area contributed by atoms with Gasteiger partial charge in [-0.05, 0) is 20.4 Å². The summed E-state index contributed by atoms with van der Waals surface area (Å²) < 4.78 is 5.88. The van der Waals surface area contributed by atoms with E-state index in [0.29, 0.717) is 6.10 Å². The number of morpholine rings is 1. The standard InChI is InChI=1S/C13H27N3O/c1-4-15-7-8-17-12(9-15)10-16-6-5-14-13(2,3)11-16/h12,14H,4-11H2,1-3H3. The Balaban J connectivity index is 1.80. The first kappa shape index (κ1) is 13.3. The first-order chi connectivity index (χ1) is 8.09. The fourth-order valence-electron chi connectivity index (χ4n) is 2.87. The van der Waals surface area contributed by atoms with Crippen molar-refractivity contribution in [2.45, 2.75) is 32.4 Å². The Morgan fingerprint density at radius 2 is 2.12 bits per heavy atom. The van der Waals surface area contributed by atoms with Crippen molar-refractivity contribution in [2.75, 3.05) is 52.4 Å². The van der Waals surface area contributed by atoms with Crippen LogP contribution in [0.2, 0.25) is 0 Å². The highest BCUT2D eigenvalue weighted by molar-refractivity contribution is 4.88. The number of nitrogens with one attached hydrogen (secondary N) is 1. The molecule has 1 atom stereocenters. The van der Waals surface area contributed by atoms with Crippen molar-refractivity contribution in [1.29, 1.82) is 0 Å². The minimum absolute atomic E-state index is 0.247. The largest absolute Gasteiger partial charge is 0.374 e. The van der Waals surface area contributed by atoms with E-state index in [1.165, 1.54) is 0 Å². The maximum Gasteiger partial charge on any atom is 0.0829 e. The first-order valence-corrected chi connectivity index (χ1v) is 6.90. The SMILES string of the molecule is CCN1CCOC(CN2CCNC(C)(C)C2)C1. The van der Waals surface area contributed by atoms with Crippen molar-refractivity contribution in [3.05, 3.63) is 0 Å². The highest BCUT2D eigenvalue weighted by atomic mass is 16.5. The Kier molecular flexibility index (Phi) is 4.42. The quantitative estimate of drug-likeness (QED) is 0.774. The molecule has 2 heterocycles. The van der Waals surface area contributed by atoms with Crippen molar-refractivity contribution in [2.24, 2.45) is 0 Å². The van der Waals surface area contributed by atoms with Gasteiger partial charge < -0.3 is 10.1 Å². The minimum Gasteiger partial charge on any atom is -0.374 e. The topological polar surface area (TPSA) is 27.7 Å². The highest BCUT2D eigenvalue weighted by Gasteiger charge is 2.28. The van der Waals surface area contributed by atoms with Crippen LogP contribution in [0.4, 0.5) is 0 Å². The molecule has 0 amide bonds. The van der Waals surface area contributed by atoms with Crippen LogP contribution < -0.4 is 5.32 Å². The van der Waals surface area contributed by atoms with Gasteiger partial charge in [-0.1, -0.05) is 6.92 Å². The van der Waals surface area contributed by atoms with Gasteiger partial charge in [0.25, 0.3) is 0 Å². The van der Waals surface area contributed by atoms with Gasteiger partial charge in [0, 0.05) is 44.8 Å². The third-order valence-electron chi connectivity index (χ3n) is 3.78. The van der Waals surface area contributed by atoms with Gasteiger partial charge in [0.05, 0.1) is 12.7 Å². The van der Waals surface area contributed by atoms with Crippen LogP contribution in [-0.2, 0) is 4.74 Å². The molecule has 0 radical (unpaired) electrons. The Labute approximate surface area is 105 Å². The zero-order valence-corrected chi connectivity index (χ0v) is 11.5. The van der Waals surface area contributed by atoms with Gasteiger partial charge in [0.2, 0.25) is 0 Å². The monoisotopic (exact) mass is 241 g/mol. The molecule has 0 aromatic carbocycles. The number of hydrogen-bond donors (Lipinski definition) is 1. The Bertz CT molecular complexity index is 245. The molecule has 0 aromatic rings. The van der Waals surface area contributed by atoms with Gasteiger partial charge in [-0.2, -0.15) is 0 Å². The third-order valence-corrected chi connectivity index (χ3v) is 3.78. The number of likely N-dealkylation sites (N-methyl/N-ethyl adjacent to an activating group) is 1. The lowest BCUT2D eigenvalue weighted by molar-refractivity contribution is -0.0468. The smallest absolute Gasteiger partial charge is 0.0829 e. The van der Waals surface area contributed by atoms with E-state index in [-0.39, 0.29) is 5.54 Å². The van der Waals surface area contributed by atoms with Gasteiger partial charge in [-0.25, -0.2) is 0 Å². The Morgan fingerprint density at radius 1 is 1.29 bits per heavy atom. The lowest BCUT2D eigenvalue weighted by Crippen LogP contribution is -2.59. The summed E-state index contributed by atoms with van der Waals surface area (Å²) in [5, 5.41) is 3.55. The summed E-state index contributed by atoms with van der Waals surface area (Å²) in [7, 11) is 0. The van der Waals surface area contributed by atoms with Crippen LogP contribution >= 0.6 is 0 Å². The van der Waals surface area contributed by atoms with Crippen LogP contribution in [0.15, 0.2) is 0 Å². The molecule has 2 rings (SSSR count). The van der Waals surface area contributed by atoms with Crippen molar-refractivity contribution in [3.63, 3.8) is 0 Å². The predicted molar refractivity (Wildman–Crippen MR) is 70.4 cm³/mol. The highest BCUT2D eigenvalue weighted by Crippen LogP contribution is 2.13. The molecule has 4 heteroatoms. The molecular weight excluding hydrogens is 214 g/mol. The van der Waals surface area contributed by atoms with E-state index in [1.807, 2.05) is 0 Å². The second kappa shape index (κ2) is 5.65. The van der Waals surface area contributed by atoms with E-state index < -0.39 is 0 Å². The van der Waals surface area contributed by atoms with Gasteiger partial charge in [-0.3, -0.25) is 9.80 Å². The van der Waals surface area contributed by atoms with Gasteiger partial charge in [0.1, 0.15) is 0 Å². The van der Waals surface area contributed by atoms with Crippen LogP contribution in [-0.4, -0.2) is 73.9 Å². The lowest BCUT2D eigenvalue weighted by atomic mass is 10.0. The molecule has 2 aliphatic heterocycles. The van der Waals surface area contributed by atoms with Crippen molar-refractivity contribution < 1.29 is 4.74 Å². The molecule has 2 saturated heterocycles. The van der Waals surface area contributed by atoms with E-state index in [0.717, 1.165) is 52.4 Å². The van der Waals surface area contributed by atoms with Crippen molar-refractivity contribution in [3.8, 4) is 0 Å². The molecule has 0 bridgehead atoms. The minimum atomic E-state index is 0.247. The molecule has 4 nitrogen and oxygen atoms in total. The molecular formula is C13H27N3O. The van der Waals surface area contributed by atoms with Crippen LogP contribution in [0, 0.1) is 0 Å². The summed E-state index contributed by atoms with van der Waals surface area (Å²) in [5.74, 6) is 0. The summed E-state index contributed by atoms with van der Waals surface area (Å²) in [6.45, 7) is 15.5. The summed E-state index contributed by atoms with van der Waals surface area (Å²) in [6, 6.07) is 0. The molecule has 0 aromatic heterocycles. The summed E-state index contributed by atoms with van der Waals surface area (Å²) in [4.78, 5) is 5.03. The van der Waals surface area contributed by atoms with Gasteiger partial charge in [0.15, 0.2) is 0 Å². The summed E-state index contributed by atoms with van der Waals surface area (Å²) >= 11 is 0. The fraction of sp³-hybridized carbons (Fsp3) is 1.00. The zero-order chi connectivity index (χ0) is 12.3. The zero-order valence-electron chi connectivity index (χ0n) is 11.5. The van der Waals surface area contributed by atoms with Crippen molar-refractivity contribution in [1.82, 2.24) is 15.1 Å². The number of nitrogens with zero attached hydrogens (tertiary/aromatic N) is 2. The molecule has 2 aliphatic rings. The van der Waals surface area contributed by atoms with Crippen LogP contribution in [0.3, 0.4) is 0 Å². The van der Waals surface area contributed by atoms with Crippen molar-refractivity contribution >= 4 is 0 Å². The Morgan fingerprint density at radius 3 is 2.82 bits per heavy atom. The number of rotatable bonds is 3. The average Bonchev–Trinajstić information content (AvgIpc) is 2.28. The molecule has 1 unspecified atom stereocenters. The molecule has 0 spiro atoms. The molecule has 17 heavy (non-hydrogen) atoms. The van der Waals surface area contributed by atoms with E-state index >= 15 is 0 Å². The van der Waals surface area contributed by atoms with E-state index in [2.05, 4.69) is 35.9 Å². The van der Waals surface area contributed by atoms with Crippen LogP contribution in [0.25, 0.3) is 0 Å². The second-order valence-electron chi connectivity index (χ2n) is 5.93. The average molecular weight is 241 g/mol. The van der Waals surface area contributed by atoms with Gasteiger partial charge in [-0.15, -0.1) is 0 Å². The second-order valence-corrected chi connectivity index (χ2v) is 5.93. The number of hydrogen-bond acceptors (Lipinski definition) is 4. The normalized spacial score (nSPS) is 31.6. The van der Waals surface area contributed by atoms with Crippen LogP contribution in [0.5, 0.6) is 0 Å². The molecule has 100 valence electrons. The maximum atomic E-state index is 5.88. The van der Waals surface area contributed by atoms with Gasteiger partial charge >= 0.3 is 0 Å². The lowest BCUT2D eigenvalue weighted by Gasteiger charge is -2.42. The summed E-state index contributed by atoms with van der Waals surface area (Å²) in [5.41, 5.74) is 0.247. The van der Waals surface area contributed by atoms with E-state index in [4.69, 9.17) is 4.74 Å². The maximum absolute atomic E-state index is 5.88. The molecule has 2 fully saturated rings. The summed E-state index contributed by atoms with van der Waals surface area (Å²) in [6.07, 6.45) is 0.401. The fourth-order valence-corrected chi connectivity index (χ4v) is 2.87. The molecule has 0 saturated carbocycles. The number of ether oxygens (including phenoxy) is 1. The molecule has 0 aliphatic carbocycles. The van der Waals surface area contributed by atoms with E-state index in [9.17, 15) is 0 Å². The predicted octanol–water partition coefficient (Wildman–Crippen LogP) is 0.391.